The molecule has 0 aliphatic carbocycles. The third kappa shape index (κ3) is 4.26. The van der Waals surface area contributed by atoms with Gasteiger partial charge in [-0.25, -0.2) is 0 Å². The number of hydrogen-bond donors (Lipinski definition) is 3. The molecule has 30 heavy (non-hydrogen) atoms. The van der Waals surface area contributed by atoms with Crippen molar-refractivity contribution in [2.24, 2.45) is 0 Å². The number of aliphatic hydroxyl groups excluding tert-OH is 1. The molecule has 3 aromatic rings. The van der Waals surface area contributed by atoms with E-state index in [1.54, 1.807) is 24.3 Å². The van der Waals surface area contributed by atoms with Crippen LogP contribution in [0.1, 0.15) is 23.9 Å². The Morgan fingerprint density at radius 2 is 1.80 bits per heavy atom. The fourth-order valence-corrected chi connectivity index (χ4v) is 3.53. The fourth-order valence-electron chi connectivity index (χ4n) is 3.53. The monoisotopic (exact) mass is 413 g/mol. The van der Waals surface area contributed by atoms with Crippen LogP contribution in [0.25, 0.3) is 11.4 Å². The molecule has 0 unspecified atom stereocenters. The first kappa shape index (κ1) is 20.2. The summed E-state index contributed by atoms with van der Waals surface area (Å²) in [4.78, 5) is 6.39. The molecule has 4 rings (SSSR count). The number of rotatable bonds is 6. The molecule has 1 saturated heterocycles. The summed E-state index contributed by atoms with van der Waals surface area (Å²) in [6, 6.07) is 12.3. The van der Waals surface area contributed by atoms with Gasteiger partial charge in [-0.15, -0.1) is 0 Å². The highest BCUT2D eigenvalue weighted by molar-refractivity contribution is 5.62. The van der Waals surface area contributed by atoms with Crippen molar-refractivity contribution in [2.75, 3.05) is 17.0 Å². The highest BCUT2D eigenvalue weighted by atomic mass is 16.8. The van der Waals surface area contributed by atoms with E-state index in [1.165, 1.54) is 24.3 Å². The molecular formula is C19H19N5O6-2. The van der Waals surface area contributed by atoms with Crippen molar-refractivity contribution in [2.45, 2.75) is 25.1 Å². The first-order valence-corrected chi connectivity index (χ1v) is 9.18. The fraction of sp³-hybridized carbons (Fsp3) is 0.263. The SMILES string of the molecule is [O-]N(O)c1ccc(CN2C[C@H](O)C[C@@H]2c2nc(-c3cccc(N([O-])O)c3)no2)cc1. The van der Waals surface area contributed by atoms with E-state index in [4.69, 9.17) is 14.9 Å². The average molecular weight is 413 g/mol. The van der Waals surface area contributed by atoms with Crippen LogP contribution >= 0.6 is 0 Å². The minimum atomic E-state index is -0.564. The Morgan fingerprint density at radius 1 is 1.07 bits per heavy atom. The van der Waals surface area contributed by atoms with Gasteiger partial charge < -0.3 is 30.5 Å². The molecule has 1 fully saturated rings. The third-order valence-corrected chi connectivity index (χ3v) is 4.98. The Hall–Kier alpha value is -3.06. The summed E-state index contributed by atoms with van der Waals surface area (Å²) in [6.45, 7) is 0.873. The van der Waals surface area contributed by atoms with Crippen molar-refractivity contribution in [3.8, 4) is 11.4 Å². The minimum absolute atomic E-state index is 0.0414. The first-order chi connectivity index (χ1) is 14.4. The third-order valence-electron chi connectivity index (χ3n) is 4.98. The van der Waals surface area contributed by atoms with E-state index < -0.39 is 6.10 Å². The van der Waals surface area contributed by atoms with Gasteiger partial charge in [0.2, 0.25) is 11.7 Å². The Labute approximate surface area is 171 Å². The van der Waals surface area contributed by atoms with E-state index in [2.05, 4.69) is 10.1 Å². The van der Waals surface area contributed by atoms with Crippen molar-refractivity contribution in [1.29, 1.82) is 0 Å². The number of aromatic nitrogens is 2. The van der Waals surface area contributed by atoms with E-state index in [0.29, 0.717) is 31.0 Å². The van der Waals surface area contributed by atoms with Gasteiger partial charge in [-0.05, 0) is 36.2 Å². The summed E-state index contributed by atoms with van der Waals surface area (Å²) in [7, 11) is 0. The van der Waals surface area contributed by atoms with Crippen LogP contribution in [-0.2, 0) is 6.54 Å². The van der Waals surface area contributed by atoms with Gasteiger partial charge in [0.1, 0.15) is 0 Å². The summed E-state index contributed by atoms with van der Waals surface area (Å²) in [5.41, 5.74) is 1.55. The van der Waals surface area contributed by atoms with Gasteiger partial charge in [-0.2, -0.15) is 4.98 Å². The minimum Gasteiger partial charge on any atom is -0.733 e. The van der Waals surface area contributed by atoms with E-state index in [0.717, 1.165) is 5.56 Å². The van der Waals surface area contributed by atoms with Gasteiger partial charge in [0.05, 0.1) is 23.5 Å². The summed E-state index contributed by atoms with van der Waals surface area (Å²) < 4.78 is 5.42. The molecule has 0 radical (unpaired) electrons. The molecule has 0 saturated carbocycles. The molecule has 11 nitrogen and oxygen atoms in total. The van der Waals surface area contributed by atoms with Crippen molar-refractivity contribution in [1.82, 2.24) is 15.0 Å². The van der Waals surface area contributed by atoms with Crippen molar-refractivity contribution >= 4 is 11.4 Å². The van der Waals surface area contributed by atoms with Crippen LogP contribution in [0.15, 0.2) is 53.1 Å². The zero-order valence-corrected chi connectivity index (χ0v) is 15.7. The van der Waals surface area contributed by atoms with Crippen molar-refractivity contribution < 1.29 is 20.0 Å². The van der Waals surface area contributed by atoms with E-state index in [9.17, 15) is 15.5 Å². The van der Waals surface area contributed by atoms with Gasteiger partial charge in [0.25, 0.3) is 0 Å². The topological polar surface area (TPSA) is 155 Å². The van der Waals surface area contributed by atoms with E-state index in [1.807, 2.05) is 4.90 Å². The molecule has 2 aromatic carbocycles. The molecule has 1 aromatic heterocycles. The largest absolute Gasteiger partial charge is 0.733 e. The second-order valence-corrected chi connectivity index (χ2v) is 7.05. The molecule has 1 aliphatic rings. The quantitative estimate of drug-likeness (QED) is 0.510. The van der Waals surface area contributed by atoms with Crippen LogP contribution in [0.4, 0.5) is 11.4 Å². The summed E-state index contributed by atoms with van der Waals surface area (Å²) in [5, 5.41) is 53.7. The molecule has 3 N–H and O–H groups in total. The maximum Gasteiger partial charge on any atom is 0.244 e. The lowest BCUT2D eigenvalue weighted by Crippen LogP contribution is -2.24. The first-order valence-electron chi connectivity index (χ1n) is 9.18. The molecule has 0 amide bonds. The van der Waals surface area contributed by atoms with E-state index in [-0.39, 0.29) is 33.7 Å². The summed E-state index contributed by atoms with van der Waals surface area (Å²) >= 11 is 0. The maximum atomic E-state index is 11.1. The van der Waals surface area contributed by atoms with Gasteiger partial charge in [0.15, 0.2) is 0 Å². The number of aliphatic hydroxyl groups is 1. The van der Waals surface area contributed by atoms with Crippen LogP contribution < -0.4 is 10.5 Å². The Morgan fingerprint density at radius 3 is 2.50 bits per heavy atom. The molecule has 158 valence electrons. The average Bonchev–Trinajstić information content (AvgIpc) is 3.35. The zero-order chi connectivity index (χ0) is 21.3. The van der Waals surface area contributed by atoms with Gasteiger partial charge in [-0.1, -0.05) is 29.4 Å². The number of benzene rings is 2. The standard InChI is InChI=1S/C19H19N5O6/c25-16-9-17(22(11-16)10-12-4-6-14(7-5-12)23(26)27)19-20-18(21-30-19)13-2-1-3-15(8-13)24(28)29/h1-8,16-17,25-26,28H,9-11H2/q-2/t16-,17-/m1/s1. The van der Waals surface area contributed by atoms with Crippen LogP contribution in [0, 0.1) is 10.4 Å². The second kappa shape index (κ2) is 8.36. The number of β-amino-alcohol motifs (C(OH)–C–C–N with tert-alkyl or cyclic N) is 1. The van der Waals surface area contributed by atoms with E-state index >= 15 is 0 Å². The molecular weight excluding hydrogens is 394 g/mol. The lowest BCUT2D eigenvalue weighted by atomic mass is 10.1. The number of hydrogen-bond acceptors (Lipinski definition) is 11. The molecule has 2 heterocycles. The molecule has 11 heteroatoms. The highest BCUT2D eigenvalue weighted by Gasteiger charge is 2.36. The number of likely N-dealkylation sites (tertiary alicyclic amines) is 1. The molecule has 1 aliphatic heterocycles. The molecule has 0 bridgehead atoms. The Balaban J connectivity index is 1.53. The van der Waals surface area contributed by atoms with Crippen LogP contribution in [0.3, 0.4) is 0 Å². The van der Waals surface area contributed by atoms with Gasteiger partial charge in [-0.3, -0.25) is 15.3 Å². The molecule has 0 spiro atoms. The van der Waals surface area contributed by atoms with Crippen molar-refractivity contribution in [3.63, 3.8) is 0 Å². The predicted octanol–water partition coefficient (Wildman–Crippen LogP) is 2.43. The summed E-state index contributed by atoms with van der Waals surface area (Å²) in [6.07, 6.45) is -0.152. The predicted molar refractivity (Wildman–Crippen MR) is 105 cm³/mol. The highest BCUT2D eigenvalue weighted by Crippen LogP contribution is 2.34. The van der Waals surface area contributed by atoms with Gasteiger partial charge in [0, 0.05) is 18.7 Å². The number of nitrogens with zero attached hydrogens (tertiary/aromatic N) is 5. The Bertz CT molecular complexity index is 993. The molecule has 2 atom stereocenters. The van der Waals surface area contributed by atoms with Crippen molar-refractivity contribution in [3.05, 3.63) is 70.4 Å². The maximum absolute atomic E-state index is 11.1. The van der Waals surface area contributed by atoms with Crippen LogP contribution in [0.5, 0.6) is 0 Å². The Kier molecular flexibility index (Phi) is 5.63. The lowest BCUT2D eigenvalue weighted by molar-refractivity contribution is 0.169. The normalized spacial score (nSPS) is 19.2. The smallest absolute Gasteiger partial charge is 0.244 e. The summed E-state index contributed by atoms with van der Waals surface area (Å²) in [5.74, 6) is 0.588. The second-order valence-electron chi connectivity index (χ2n) is 7.05. The van der Waals surface area contributed by atoms with Crippen LogP contribution in [-0.4, -0.2) is 43.2 Å². The van der Waals surface area contributed by atoms with Crippen LogP contribution in [0.2, 0.25) is 0 Å². The zero-order valence-electron chi connectivity index (χ0n) is 15.7. The number of anilines is 2. The van der Waals surface area contributed by atoms with Gasteiger partial charge >= 0.3 is 0 Å². The lowest BCUT2D eigenvalue weighted by Gasteiger charge is -2.23.